The molecule has 44 heavy (non-hydrogen) atoms. The summed E-state index contributed by atoms with van der Waals surface area (Å²) in [6.45, 7) is 16.4. The van der Waals surface area contributed by atoms with Crippen LogP contribution in [0, 0.1) is 13.8 Å². The highest BCUT2D eigenvalue weighted by Crippen LogP contribution is 2.33. The summed E-state index contributed by atoms with van der Waals surface area (Å²) < 4.78 is 0. The number of hydrogen-bond donors (Lipinski definition) is 0. The molecule has 0 aliphatic carbocycles. The van der Waals surface area contributed by atoms with E-state index in [9.17, 15) is 0 Å². The molecule has 0 heterocycles. The lowest BCUT2D eigenvalue weighted by Crippen LogP contribution is -1.83. The van der Waals surface area contributed by atoms with Crippen LogP contribution in [0.25, 0.3) is 64.6 Å². The Labute approximate surface area is 264 Å². The second kappa shape index (κ2) is 15.2. The SMILES string of the molecule is CC.CC.CC.Cc1cc2cc3ccccc3cc2c2ccccc12.Cc1cc2ccccc2c2cc3ccccc3cc12. The number of rotatable bonds is 0. The average molecular weight is 575 g/mol. The van der Waals surface area contributed by atoms with Crippen molar-refractivity contribution in [1.82, 2.24) is 0 Å². The summed E-state index contributed by atoms with van der Waals surface area (Å²) in [6, 6.07) is 48.3. The van der Waals surface area contributed by atoms with Crippen molar-refractivity contribution >= 4 is 64.6 Å². The van der Waals surface area contributed by atoms with Gasteiger partial charge in [-0.1, -0.05) is 151 Å². The molecule has 0 heteroatoms. The number of hydrogen-bond acceptors (Lipinski definition) is 0. The Balaban J connectivity index is 0.000000172. The molecule has 0 amide bonds. The van der Waals surface area contributed by atoms with E-state index in [4.69, 9.17) is 0 Å². The van der Waals surface area contributed by atoms with Gasteiger partial charge >= 0.3 is 0 Å². The maximum absolute atomic E-state index is 2.32. The predicted octanol–water partition coefficient (Wildman–Crippen LogP) is 14.0. The lowest BCUT2D eigenvalue weighted by Gasteiger charge is -2.09. The van der Waals surface area contributed by atoms with Crippen molar-refractivity contribution < 1.29 is 0 Å². The molecule has 0 atom stereocenters. The monoisotopic (exact) mass is 574 g/mol. The summed E-state index contributed by atoms with van der Waals surface area (Å²) in [5, 5.41) is 16.0. The fourth-order valence-corrected chi connectivity index (χ4v) is 5.95. The van der Waals surface area contributed by atoms with E-state index in [0.717, 1.165) is 0 Å². The van der Waals surface area contributed by atoms with E-state index in [0.29, 0.717) is 0 Å². The van der Waals surface area contributed by atoms with Gasteiger partial charge in [0.15, 0.2) is 0 Å². The molecule has 0 aliphatic rings. The van der Waals surface area contributed by atoms with Crippen molar-refractivity contribution in [3.63, 3.8) is 0 Å². The molecular formula is C44H46. The minimum Gasteiger partial charge on any atom is -0.0683 e. The highest BCUT2D eigenvalue weighted by Gasteiger charge is 2.06. The van der Waals surface area contributed by atoms with Crippen LogP contribution in [0.15, 0.2) is 133 Å². The standard InChI is InChI=1S/2C19H14.3C2H6/c1-13-10-16-11-14-6-2-3-7-15(14)12-19(16)18-9-5-4-8-17(13)18;1-13-10-16-8-4-5-9-17(16)19-12-15-7-3-2-6-14(15)11-18(13)19;3*1-2/h2*2-12H,1H3;3*1-2H3. The Kier molecular flexibility index (Phi) is 11.1. The van der Waals surface area contributed by atoms with Crippen LogP contribution >= 0.6 is 0 Å². The Bertz CT molecular complexity index is 2150. The van der Waals surface area contributed by atoms with E-state index in [2.05, 4.69) is 147 Å². The van der Waals surface area contributed by atoms with Crippen LogP contribution in [0.5, 0.6) is 0 Å². The zero-order valence-electron chi connectivity index (χ0n) is 27.7. The Hall–Kier alpha value is -4.68. The van der Waals surface area contributed by atoms with Crippen LogP contribution in [0.4, 0.5) is 0 Å². The quantitative estimate of drug-likeness (QED) is 0.125. The first-order valence-electron chi connectivity index (χ1n) is 16.3. The molecule has 0 saturated carbocycles. The summed E-state index contributed by atoms with van der Waals surface area (Å²) in [5.74, 6) is 0. The first-order valence-corrected chi connectivity index (χ1v) is 16.3. The molecule has 0 spiro atoms. The molecule has 0 aliphatic heterocycles. The van der Waals surface area contributed by atoms with E-state index in [1.807, 2.05) is 41.5 Å². The maximum atomic E-state index is 2.32. The number of fused-ring (bicyclic) bond motifs is 8. The van der Waals surface area contributed by atoms with Crippen LogP contribution in [0.2, 0.25) is 0 Å². The zero-order valence-corrected chi connectivity index (χ0v) is 27.7. The summed E-state index contributed by atoms with van der Waals surface area (Å²) >= 11 is 0. The summed E-state index contributed by atoms with van der Waals surface area (Å²) in [4.78, 5) is 0. The molecule has 0 bridgehead atoms. The minimum absolute atomic E-state index is 1.31. The smallest absolute Gasteiger partial charge is 0.00964 e. The second-order valence-electron chi connectivity index (χ2n) is 10.3. The molecule has 0 fully saturated rings. The molecule has 0 aromatic heterocycles. The van der Waals surface area contributed by atoms with Crippen molar-refractivity contribution in [2.45, 2.75) is 55.4 Å². The van der Waals surface area contributed by atoms with Crippen molar-refractivity contribution in [1.29, 1.82) is 0 Å². The van der Waals surface area contributed by atoms with Gasteiger partial charge in [0.2, 0.25) is 0 Å². The molecule has 0 radical (unpaired) electrons. The summed E-state index contributed by atoms with van der Waals surface area (Å²) in [6.07, 6.45) is 0. The van der Waals surface area contributed by atoms with Crippen molar-refractivity contribution in [3.05, 3.63) is 145 Å². The van der Waals surface area contributed by atoms with Crippen LogP contribution in [-0.2, 0) is 0 Å². The molecule has 222 valence electrons. The van der Waals surface area contributed by atoms with Crippen molar-refractivity contribution in [2.75, 3.05) is 0 Å². The molecule has 8 rings (SSSR count). The normalized spacial score (nSPS) is 10.3. The molecule has 0 N–H and O–H groups in total. The van der Waals surface area contributed by atoms with Gasteiger partial charge in [-0.2, -0.15) is 0 Å². The van der Waals surface area contributed by atoms with E-state index in [1.165, 1.54) is 75.8 Å². The van der Waals surface area contributed by atoms with E-state index in [-0.39, 0.29) is 0 Å². The van der Waals surface area contributed by atoms with Gasteiger partial charge in [-0.25, -0.2) is 0 Å². The van der Waals surface area contributed by atoms with E-state index in [1.54, 1.807) is 0 Å². The Morgan fingerprint density at radius 1 is 0.250 bits per heavy atom. The third-order valence-corrected chi connectivity index (χ3v) is 7.87. The highest BCUT2D eigenvalue weighted by atomic mass is 14.1. The van der Waals surface area contributed by atoms with Gasteiger partial charge in [0.05, 0.1) is 0 Å². The van der Waals surface area contributed by atoms with Crippen LogP contribution < -0.4 is 0 Å². The van der Waals surface area contributed by atoms with Gasteiger partial charge < -0.3 is 0 Å². The minimum atomic E-state index is 1.31. The molecule has 0 unspecified atom stereocenters. The van der Waals surface area contributed by atoms with Crippen LogP contribution in [0.1, 0.15) is 52.7 Å². The summed E-state index contributed by atoms with van der Waals surface area (Å²) in [5.41, 5.74) is 2.69. The predicted molar refractivity (Wildman–Crippen MR) is 201 cm³/mol. The van der Waals surface area contributed by atoms with Crippen molar-refractivity contribution in [2.24, 2.45) is 0 Å². The lowest BCUT2D eigenvalue weighted by atomic mass is 9.95. The highest BCUT2D eigenvalue weighted by molar-refractivity contribution is 6.14. The fraction of sp³-hybridized carbons (Fsp3) is 0.182. The number of benzene rings is 8. The van der Waals surface area contributed by atoms with Gasteiger partial charge in [0.25, 0.3) is 0 Å². The zero-order chi connectivity index (χ0) is 31.6. The van der Waals surface area contributed by atoms with E-state index < -0.39 is 0 Å². The maximum Gasteiger partial charge on any atom is -0.00964 e. The number of aryl methyl sites for hydroxylation is 2. The fourth-order valence-electron chi connectivity index (χ4n) is 5.95. The Morgan fingerprint density at radius 2 is 0.614 bits per heavy atom. The summed E-state index contributed by atoms with van der Waals surface area (Å²) in [7, 11) is 0. The molecule has 8 aromatic rings. The van der Waals surface area contributed by atoms with Gasteiger partial charge in [-0.05, 0) is 114 Å². The largest absolute Gasteiger partial charge is 0.0683 e. The third kappa shape index (κ3) is 6.46. The van der Waals surface area contributed by atoms with Crippen molar-refractivity contribution in [3.8, 4) is 0 Å². The second-order valence-corrected chi connectivity index (χ2v) is 10.3. The molecule has 0 nitrogen and oxygen atoms in total. The van der Waals surface area contributed by atoms with Gasteiger partial charge in [-0.15, -0.1) is 0 Å². The molecule has 8 aromatic carbocycles. The first kappa shape index (κ1) is 32.2. The van der Waals surface area contributed by atoms with Gasteiger partial charge in [0, 0.05) is 0 Å². The van der Waals surface area contributed by atoms with Crippen LogP contribution in [0.3, 0.4) is 0 Å². The van der Waals surface area contributed by atoms with Gasteiger partial charge in [-0.3, -0.25) is 0 Å². The Morgan fingerprint density at radius 3 is 1.18 bits per heavy atom. The topological polar surface area (TPSA) is 0 Å². The molecular weight excluding hydrogens is 528 g/mol. The molecule has 0 saturated heterocycles. The first-order chi connectivity index (χ1) is 21.7. The van der Waals surface area contributed by atoms with E-state index >= 15 is 0 Å². The average Bonchev–Trinajstić information content (AvgIpc) is 3.10. The lowest BCUT2D eigenvalue weighted by molar-refractivity contribution is 1.50. The van der Waals surface area contributed by atoms with Gasteiger partial charge in [0.1, 0.15) is 0 Å². The third-order valence-electron chi connectivity index (χ3n) is 7.87. The van der Waals surface area contributed by atoms with Crippen LogP contribution in [-0.4, -0.2) is 0 Å².